The summed E-state index contributed by atoms with van der Waals surface area (Å²) < 4.78 is 30.1. The highest BCUT2D eigenvalue weighted by molar-refractivity contribution is 7.91. The Morgan fingerprint density at radius 1 is 1.15 bits per heavy atom. The van der Waals surface area contributed by atoms with E-state index in [0.29, 0.717) is 13.2 Å². The first-order valence-electron chi connectivity index (χ1n) is 8.95. The van der Waals surface area contributed by atoms with E-state index in [2.05, 4.69) is 0 Å². The van der Waals surface area contributed by atoms with Crippen molar-refractivity contribution in [3.05, 3.63) is 24.3 Å². The van der Waals surface area contributed by atoms with Crippen molar-refractivity contribution in [1.82, 2.24) is 9.80 Å². The van der Waals surface area contributed by atoms with Gasteiger partial charge in [-0.3, -0.25) is 9.69 Å². The van der Waals surface area contributed by atoms with Crippen LogP contribution in [0.2, 0.25) is 0 Å². The number of piperazine rings is 1. The molecule has 0 aliphatic carbocycles. The number of benzene rings is 1. The van der Waals surface area contributed by atoms with Gasteiger partial charge in [-0.2, -0.15) is 0 Å². The largest absolute Gasteiger partial charge is 0.494 e. The first-order valence-corrected chi connectivity index (χ1v) is 10.8. The van der Waals surface area contributed by atoms with Crippen LogP contribution in [-0.2, 0) is 14.6 Å². The van der Waals surface area contributed by atoms with Crippen LogP contribution in [0.3, 0.4) is 0 Å². The molecule has 2 heterocycles. The van der Waals surface area contributed by atoms with E-state index in [4.69, 9.17) is 4.74 Å². The van der Waals surface area contributed by atoms with Crippen molar-refractivity contribution in [1.29, 1.82) is 0 Å². The van der Waals surface area contributed by atoms with E-state index >= 15 is 0 Å². The zero-order valence-corrected chi connectivity index (χ0v) is 16.4. The summed E-state index contributed by atoms with van der Waals surface area (Å²) in [6.45, 7) is 4.22. The van der Waals surface area contributed by atoms with Crippen LogP contribution in [0.1, 0.15) is 6.92 Å². The highest BCUT2D eigenvalue weighted by Gasteiger charge is 2.49. The predicted octanol–water partition coefficient (Wildman–Crippen LogP) is 0.461. The normalized spacial score (nSPS) is 25.5. The summed E-state index contributed by atoms with van der Waals surface area (Å²) in [6, 6.07) is 6.83. The molecule has 8 heteroatoms. The average Bonchev–Trinajstić information content (AvgIpc) is 2.89. The zero-order valence-electron chi connectivity index (χ0n) is 15.6. The lowest BCUT2D eigenvalue weighted by atomic mass is 10.0. The molecule has 0 saturated carbocycles. The second-order valence-corrected chi connectivity index (χ2v) is 9.33. The topological polar surface area (TPSA) is 70.2 Å². The maximum absolute atomic E-state index is 12.9. The highest BCUT2D eigenvalue weighted by Crippen LogP contribution is 2.32. The summed E-state index contributed by atoms with van der Waals surface area (Å²) in [6.07, 6.45) is 0. The van der Waals surface area contributed by atoms with Crippen LogP contribution < -0.4 is 9.64 Å². The van der Waals surface area contributed by atoms with Gasteiger partial charge in [0.05, 0.1) is 30.7 Å². The molecule has 2 aliphatic rings. The first kappa shape index (κ1) is 19.1. The van der Waals surface area contributed by atoms with Crippen LogP contribution in [0.5, 0.6) is 5.75 Å². The molecule has 1 amide bonds. The molecule has 0 N–H and O–H groups in total. The Labute approximate surface area is 155 Å². The lowest BCUT2D eigenvalue weighted by Gasteiger charge is -2.43. The van der Waals surface area contributed by atoms with E-state index in [1.165, 1.54) is 0 Å². The van der Waals surface area contributed by atoms with Gasteiger partial charge in [0, 0.05) is 24.8 Å². The number of carbonyl (C=O) groups excluding carboxylic acids is 1. The summed E-state index contributed by atoms with van der Waals surface area (Å²) >= 11 is 0. The van der Waals surface area contributed by atoms with Gasteiger partial charge < -0.3 is 14.5 Å². The number of ether oxygens (including phenoxy) is 1. The van der Waals surface area contributed by atoms with Crippen LogP contribution >= 0.6 is 0 Å². The van der Waals surface area contributed by atoms with Crippen molar-refractivity contribution >= 4 is 21.4 Å². The Bertz CT molecular complexity index is 748. The second kappa shape index (κ2) is 7.54. The average molecular weight is 381 g/mol. The Balaban J connectivity index is 1.86. The van der Waals surface area contributed by atoms with Gasteiger partial charge in [0.1, 0.15) is 5.75 Å². The number of nitrogens with zero attached hydrogens (tertiary/aromatic N) is 3. The number of carbonyl (C=O) groups is 1. The number of rotatable bonds is 6. The molecule has 1 aromatic carbocycles. The molecule has 0 radical (unpaired) electrons. The van der Waals surface area contributed by atoms with Crippen molar-refractivity contribution in [2.24, 2.45) is 0 Å². The summed E-state index contributed by atoms with van der Waals surface area (Å²) in [5.41, 5.74) is 0.734. The van der Waals surface area contributed by atoms with E-state index in [1.807, 2.05) is 55.1 Å². The summed E-state index contributed by atoms with van der Waals surface area (Å²) in [5, 5.41) is 0. The van der Waals surface area contributed by atoms with Crippen molar-refractivity contribution in [3.8, 4) is 5.75 Å². The van der Waals surface area contributed by atoms with Gasteiger partial charge >= 0.3 is 0 Å². The summed E-state index contributed by atoms with van der Waals surface area (Å²) in [7, 11) is 0.791. The highest BCUT2D eigenvalue weighted by atomic mass is 32.2. The molecule has 1 aromatic rings. The Morgan fingerprint density at radius 2 is 1.81 bits per heavy atom. The van der Waals surface area contributed by atoms with Gasteiger partial charge in [0.15, 0.2) is 9.84 Å². The van der Waals surface area contributed by atoms with Crippen LogP contribution in [0.4, 0.5) is 5.69 Å². The maximum Gasteiger partial charge on any atom is 0.241 e. The van der Waals surface area contributed by atoms with Gasteiger partial charge in [-0.05, 0) is 45.3 Å². The summed E-state index contributed by atoms with van der Waals surface area (Å²) in [4.78, 5) is 18.6. The SMILES string of the molecule is CCOc1ccc(N2C(=O)CN(CCN(C)C)C3CS(=O)(=O)CC32)cc1. The number of amides is 1. The number of hydrogen-bond donors (Lipinski definition) is 0. The number of likely N-dealkylation sites (N-methyl/N-ethyl adjacent to an activating group) is 1. The van der Waals surface area contributed by atoms with Crippen LogP contribution in [0.15, 0.2) is 24.3 Å². The van der Waals surface area contributed by atoms with Gasteiger partial charge in [0.2, 0.25) is 5.91 Å². The lowest BCUT2D eigenvalue weighted by Crippen LogP contribution is -2.62. The molecule has 26 heavy (non-hydrogen) atoms. The first-order chi connectivity index (χ1) is 12.3. The predicted molar refractivity (Wildman–Crippen MR) is 101 cm³/mol. The molecule has 0 bridgehead atoms. The third-order valence-electron chi connectivity index (χ3n) is 4.96. The second-order valence-electron chi connectivity index (χ2n) is 7.18. The Hall–Kier alpha value is -1.64. The molecule has 144 valence electrons. The molecule has 3 rings (SSSR count). The van der Waals surface area contributed by atoms with Crippen LogP contribution in [-0.4, -0.2) is 88.1 Å². The van der Waals surface area contributed by atoms with Crippen molar-refractivity contribution in [2.75, 3.05) is 56.7 Å². The van der Waals surface area contributed by atoms with E-state index < -0.39 is 9.84 Å². The van der Waals surface area contributed by atoms with E-state index in [-0.39, 0.29) is 36.0 Å². The fourth-order valence-corrected chi connectivity index (χ4v) is 5.72. The minimum Gasteiger partial charge on any atom is -0.494 e. The molecule has 2 aliphatic heterocycles. The summed E-state index contributed by atoms with van der Waals surface area (Å²) in [5.74, 6) is 0.830. The van der Waals surface area contributed by atoms with Gasteiger partial charge in [-0.1, -0.05) is 0 Å². The molecule has 2 saturated heterocycles. The van der Waals surface area contributed by atoms with E-state index in [9.17, 15) is 13.2 Å². The fourth-order valence-electron chi connectivity index (χ4n) is 3.74. The number of sulfone groups is 1. The zero-order chi connectivity index (χ0) is 18.9. The van der Waals surface area contributed by atoms with Crippen LogP contribution in [0, 0.1) is 0 Å². The molecular formula is C18H27N3O4S. The van der Waals surface area contributed by atoms with Gasteiger partial charge in [0.25, 0.3) is 0 Å². The third kappa shape index (κ3) is 4.02. The van der Waals surface area contributed by atoms with Gasteiger partial charge in [-0.25, -0.2) is 8.42 Å². The van der Waals surface area contributed by atoms with E-state index in [1.54, 1.807) is 4.90 Å². The quantitative estimate of drug-likeness (QED) is 0.713. The monoisotopic (exact) mass is 381 g/mol. The minimum atomic E-state index is -3.16. The molecule has 0 aromatic heterocycles. The smallest absolute Gasteiger partial charge is 0.241 e. The van der Waals surface area contributed by atoms with Gasteiger partial charge in [-0.15, -0.1) is 0 Å². The molecular weight excluding hydrogens is 354 g/mol. The Kier molecular flexibility index (Phi) is 5.55. The molecule has 2 unspecified atom stereocenters. The lowest BCUT2D eigenvalue weighted by molar-refractivity contribution is -0.123. The molecule has 7 nitrogen and oxygen atoms in total. The number of hydrogen-bond acceptors (Lipinski definition) is 6. The van der Waals surface area contributed by atoms with Crippen molar-refractivity contribution < 1.29 is 17.9 Å². The fraction of sp³-hybridized carbons (Fsp3) is 0.611. The van der Waals surface area contributed by atoms with Crippen molar-refractivity contribution in [3.63, 3.8) is 0 Å². The number of fused-ring (bicyclic) bond motifs is 1. The Morgan fingerprint density at radius 3 is 2.42 bits per heavy atom. The molecule has 2 fully saturated rings. The van der Waals surface area contributed by atoms with E-state index in [0.717, 1.165) is 18.0 Å². The minimum absolute atomic E-state index is 0.0229. The third-order valence-corrected chi connectivity index (χ3v) is 6.66. The molecule has 2 atom stereocenters. The molecule has 0 spiro atoms. The van der Waals surface area contributed by atoms with Crippen LogP contribution in [0.25, 0.3) is 0 Å². The van der Waals surface area contributed by atoms with Crippen molar-refractivity contribution in [2.45, 2.75) is 19.0 Å². The standard InChI is InChI=1S/C18H27N3O4S/c1-4-25-15-7-5-14(6-8-15)21-17-13-26(23,24)12-16(17)20(11-18(21)22)10-9-19(2)3/h5-8,16-17H,4,9-13H2,1-3H3. The number of anilines is 1. The maximum atomic E-state index is 12.9.